The molecule has 3 atom stereocenters. The van der Waals surface area contributed by atoms with E-state index in [0.717, 1.165) is 16.7 Å². The first-order valence-corrected chi connectivity index (χ1v) is 10.8. The van der Waals surface area contributed by atoms with E-state index in [9.17, 15) is 8.42 Å². The molecule has 0 spiro atoms. The first-order chi connectivity index (χ1) is 13.5. The molecule has 0 aromatic heterocycles. The van der Waals surface area contributed by atoms with Gasteiger partial charge in [-0.25, -0.2) is 8.42 Å². The van der Waals surface area contributed by atoms with Crippen molar-refractivity contribution in [1.82, 2.24) is 4.31 Å². The summed E-state index contributed by atoms with van der Waals surface area (Å²) in [5.41, 5.74) is 4.32. The molecule has 3 aromatic carbocycles. The van der Waals surface area contributed by atoms with Crippen LogP contribution in [0.4, 0.5) is 0 Å². The van der Waals surface area contributed by atoms with E-state index in [1.165, 1.54) is 5.56 Å². The number of nitrogens with zero attached hydrogens (tertiary/aromatic N) is 1. The van der Waals surface area contributed by atoms with Crippen molar-refractivity contribution in [3.05, 3.63) is 107 Å². The molecule has 0 aliphatic carbocycles. The molecule has 1 saturated heterocycles. The van der Waals surface area contributed by atoms with Crippen LogP contribution >= 0.6 is 0 Å². The van der Waals surface area contributed by atoms with Gasteiger partial charge >= 0.3 is 0 Å². The highest BCUT2D eigenvalue weighted by atomic mass is 32.2. The van der Waals surface area contributed by atoms with Gasteiger partial charge < -0.3 is 0 Å². The molecule has 3 aromatic rings. The van der Waals surface area contributed by atoms with Gasteiger partial charge in [0, 0.05) is 0 Å². The molecule has 0 N–H and O–H groups in total. The van der Waals surface area contributed by atoms with Crippen LogP contribution in [0.5, 0.6) is 0 Å². The fraction of sp³-hybridized carbons (Fsp3) is 0.167. The van der Waals surface area contributed by atoms with Gasteiger partial charge in [-0.05, 0) is 37.1 Å². The first kappa shape index (κ1) is 18.7. The molecule has 3 nitrogen and oxygen atoms in total. The Labute approximate surface area is 167 Å². The lowest BCUT2D eigenvalue weighted by atomic mass is 10.1. The van der Waals surface area contributed by atoms with Crippen molar-refractivity contribution in [2.75, 3.05) is 0 Å². The zero-order chi connectivity index (χ0) is 19.7. The van der Waals surface area contributed by atoms with Gasteiger partial charge in [0.2, 0.25) is 10.0 Å². The molecule has 1 unspecified atom stereocenters. The summed E-state index contributed by atoms with van der Waals surface area (Å²) in [7, 11) is -3.56. The predicted octanol–water partition coefficient (Wildman–Crippen LogP) is 5.13. The van der Waals surface area contributed by atoms with Gasteiger partial charge in [0.15, 0.2) is 0 Å². The maximum Gasteiger partial charge on any atom is 0.244 e. The Bertz CT molecular complexity index is 1090. The highest BCUT2D eigenvalue weighted by Gasteiger charge is 2.54. The van der Waals surface area contributed by atoms with Crippen LogP contribution in [0.2, 0.25) is 0 Å². The minimum atomic E-state index is -3.56. The topological polar surface area (TPSA) is 37.1 Å². The molecular formula is C24H23NO2S. The van der Waals surface area contributed by atoms with Gasteiger partial charge in [-0.2, -0.15) is 4.31 Å². The largest absolute Gasteiger partial charge is 0.244 e. The molecule has 0 amide bonds. The van der Waals surface area contributed by atoms with Crippen molar-refractivity contribution in [1.29, 1.82) is 0 Å². The summed E-state index contributed by atoms with van der Waals surface area (Å²) in [6.45, 7) is 4.00. The molecule has 1 fully saturated rings. The fourth-order valence-electron chi connectivity index (χ4n) is 3.44. The molecule has 0 saturated carbocycles. The van der Waals surface area contributed by atoms with Crippen molar-refractivity contribution in [3.8, 4) is 0 Å². The van der Waals surface area contributed by atoms with E-state index in [0.29, 0.717) is 4.90 Å². The average molecular weight is 390 g/mol. The Hall–Kier alpha value is -2.69. The Kier molecular flexibility index (Phi) is 4.92. The maximum atomic E-state index is 13.2. The van der Waals surface area contributed by atoms with Gasteiger partial charge in [-0.3, -0.25) is 0 Å². The second kappa shape index (κ2) is 7.38. The van der Waals surface area contributed by atoms with Gasteiger partial charge in [-0.15, -0.1) is 0 Å². The van der Waals surface area contributed by atoms with Crippen LogP contribution in [0.15, 0.2) is 89.8 Å². The third-order valence-corrected chi connectivity index (χ3v) is 7.00. The van der Waals surface area contributed by atoms with E-state index in [4.69, 9.17) is 0 Å². The molecule has 1 aliphatic rings. The fourth-order valence-corrected chi connectivity index (χ4v) is 5.16. The third-order valence-electron chi connectivity index (χ3n) is 5.10. The number of aryl methyl sites for hydroxylation is 2. The molecule has 0 radical (unpaired) electrons. The predicted molar refractivity (Wildman–Crippen MR) is 113 cm³/mol. The van der Waals surface area contributed by atoms with Gasteiger partial charge in [0.25, 0.3) is 0 Å². The lowest BCUT2D eigenvalue weighted by Gasteiger charge is -2.07. The normalized spacial score (nSPS) is 21.7. The number of benzene rings is 3. The molecular weight excluding hydrogens is 366 g/mol. The van der Waals surface area contributed by atoms with Gasteiger partial charge in [0.1, 0.15) is 0 Å². The highest BCUT2D eigenvalue weighted by Crippen LogP contribution is 2.48. The molecule has 1 heterocycles. The monoisotopic (exact) mass is 389 g/mol. The summed E-state index contributed by atoms with van der Waals surface area (Å²) in [5, 5.41) is 0. The minimum Gasteiger partial charge on any atom is -0.207 e. The van der Waals surface area contributed by atoms with E-state index >= 15 is 0 Å². The van der Waals surface area contributed by atoms with Crippen LogP contribution in [-0.4, -0.2) is 18.8 Å². The smallest absolute Gasteiger partial charge is 0.207 e. The average Bonchev–Trinajstić information content (AvgIpc) is 3.44. The van der Waals surface area contributed by atoms with Gasteiger partial charge in [-0.1, -0.05) is 90.0 Å². The van der Waals surface area contributed by atoms with E-state index in [2.05, 4.69) is 19.1 Å². The van der Waals surface area contributed by atoms with Crippen LogP contribution in [0.1, 0.15) is 28.3 Å². The molecule has 4 heteroatoms. The molecule has 1 aliphatic heterocycles. The lowest BCUT2D eigenvalue weighted by molar-refractivity contribution is 0.550. The Morgan fingerprint density at radius 1 is 0.786 bits per heavy atom. The first-order valence-electron chi connectivity index (χ1n) is 9.37. The number of hydrogen-bond acceptors (Lipinski definition) is 2. The molecule has 4 rings (SSSR count). The Morgan fingerprint density at radius 2 is 1.36 bits per heavy atom. The molecule has 142 valence electrons. The van der Waals surface area contributed by atoms with Crippen LogP contribution in [-0.2, 0) is 10.0 Å². The zero-order valence-corrected chi connectivity index (χ0v) is 16.8. The quantitative estimate of drug-likeness (QED) is 0.567. The lowest BCUT2D eigenvalue weighted by Crippen LogP contribution is -2.14. The maximum absolute atomic E-state index is 13.2. The van der Waals surface area contributed by atoms with Crippen molar-refractivity contribution in [3.63, 3.8) is 0 Å². The SMILES string of the molecule is Cc1ccc(/C=C/[C@@H]2[C@@H](c3ccccc3)N2S(=O)(=O)c2ccc(C)cc2)cc1. The molecule has 28 heavy (non-hydrogen) atoms. The Morgan fingerprint density at radius 3 is 1.96 bits per heavy atom. The number of sulfonamides is 1. The summed E-state index contributed by atoms with van der Waals surface area (Å²) < 4.78 is 28.1. The number of rotatable bonds is 5. The second-order valence-electron chi connectivity index (χ2n) is 7.26. The summed E-state index contributed by atoms with van der Waals surface area (Å²) >= 11 is 0. The summed E-state index contributed by atoms with van der Waals surface area (Å²) in [6, 6.07) is 24.7. The van der Waals surface area contributed by atoms with Crippen LogP contribution in [0.3, 0.4) is 0 Å². The zero-order valence-electron chi connectivity index (χ0n) is 16.0. The minimum absolute atomic E-state index is 0.172. The van der Waals surface area contributed by atoms with E-state index < -0.39 is 10.0 Å². The van der Waals surface area contributed by atoms with Crippen molar-refractivity contribution >= 4 is 16.1 Å². The standard InChI is InChI=1S/C24H23NO2S/c1-18-8-12-20(13-9-18)14-17-23-24(21-6-4-3-5-7-21)25(23)28(26,27)22-15-10-19(2)11-16-22/h3-17,23-24H,1-2H3/b17-14+/t23-,24-,25?/m1/s1. The highest BCUT2D eigenvalue weighted by molar-refractivity contribution is 7.89. The van der Waals surface area contributed by atoms with Gasteiger partial charge in [0.05, 0.1) is 17.0 Å². The summed E-state index contributed by atoms with van der Waals surface area (Å²) in [4.78, 5) is 0.338. The van der Waals surface area contributed by atoms with Crippen molar-refractivity contribution in [2.24, 2.45) is 0 Å². The van der Waals surface area contributed by atoms with E-state index in [1.54, 1.807) is 16.4 Å². The summed E-state index contributed by atoms with van der Waals surface area (Å²) in [6.07, 6.45) is 4.00. The number of hydrogen-bond donors (Lipinski definition) is 0. The van der Waals surface area contributed by atoms with Crippen molar-refractivity contribution in [2.45, 2.75) is 30.8 Å². The van der Waals surface area contributed by atoms with Crippen LogP contribution in [0, 0.1) is 13.8 Å². The van der Waals surface area contributed by atoms with E-state index in [1.807, 2.05) is 73.7 Å². The van der Waals surface area contributed by atoms with E-state index in [-0.39, 0.29) is 12.1 Å². The summed E-state index contributed by atoms with van der Waals surface area (Å²) in [5.74, 6) is 0. The van der Waals surface area contributed by atoms with Crippen LogP contribution < -0.4 is 0 Å². The molecule has 0 bridgehead atoms. The Balaban J connectivity index is 1.67. The second-order valence-corrected chi connectivity index (χ2v) is 9.11. The van der Waals surface area contributed by atoms with Crippen molar-refractivity contribution < 1.29 is 8.42 Å². The van der Waals surface area contributed by atoms with Crippen LogP contribution in [0.25, 0.3) is 6.08 Å². The third kappa shape index (κ3) is 3.66.